The number of nitrogens with one attached hydrogen (secondary N) is 2. The number of halogens is 1. The average molecular weight is 517 g/mol. The second kappa shape index (κ2) is 11.0. The van der Waals surface area contributed by atoms with Crippen LogP contribution < -0.4 is 10.6 Å². The third kappa shape index (κ3) is 5.45. The number of amides is 3. The number of hydrogen-bond donors (Lipinski definition) is 2. The third-order valence-corrected chi connectivity index (χ3v) is 6.99. The van der Waals surface area contributed by atoms with E-state index in [-0.39, 0.29) is 11.9 Å². The van der Waals surface area contributed by atoms with Crippen LogP contribution in [0.5, 0.6) is 0 Å². The summed E-state index contributed by atoms with van der Waals surface area (Å²) in [6.07, 6.45) is 5.26. The lowest BCUT2D eigenvalue weighted by Gasteiger charge is -2.34. The van der Waals surface area contributed by atoms with Gasteiger partial charge in [0.15, 0.2) is 0 Å². The van der Waals surface area contributed by atoms with Crippen molar-refractivity contribution in [1.29, 1.82) is 0 Å². The van der Waals surface area contributed by atoms with E-state index in [2.05, 4.69) is 27.4 Å². The molecule has 9 heteroatoms. The van der Waals surface area contributed by atoms with E-state index < -0.39 is 0 Å². The molecule has 0 radical (unpaired) electrons. The fourth-order valence-corrected chi connectivity index (χ4v) is 4.90. The highest BCUT2D eigenvalue weighted by molar-refractivity contribution is 6.33. The Kier molecular flexibility index (Phi) is 7.39. The molecule has 3 amide bonds. The van der Waals surface area contributed by atoms with Crippen LogP contribution >= 0.6 is 11.6 Å². The van der Waals surface area contributed by atoms with E-state index in [0.717, 1.165) is 54.9 Å². The number of likely N-dealkylation sites (N-methyl/N-ethyl adjacent to an activating group) is 1. The van der Waals surface area contributed by atoms with Gasteiger partial charge in [0, 0.05) is 62.4 Å². The molecule has 1 aliphatic heterocycles. The van der Waals surface area contributed by atoms with Crippen molar-refractivity contribution in [2.75, 3.05) is 38.0 Å². The quantitative estimate of drug-likeness (QED) is 0.386. The average Bonchev–Trinajstić information content (AvgIpc) is 3.32. The Morgan fingerprint density at radius 2 is 1.84 bits per heavy atom. The number of piperazine rings is 1. The molecule has 1 saturated heterocycles. The van der Waals surface area contributed by atoms with E-state index in [0.29, 0.717) is 22.8 Å². The van der Waals surface area contributed by atoms with Gasteiger partial charge in [-0.15, -0.1) is 0 Å². The number of hydrogen-bond acceptors (Lipinski definition) is 4. The minimum absolute atomic E-state index is 0.0328. The Balaban J connectivity index is 1.35. The van der Waals surface area contributed by atoms with Crippen LogP contribution in [0.1, 0.15) is 22.8 Å². The van der Waals surface area contributed by atoms with Crippen LogP contribution in [-0.4, -0.2) is 64.0 Å². The highest BCUT2D eigenvalue weighted by atomic mass is 35.5. The Hall–Kier alpha value is -3.88. The number of benzene rings is 2. The minimum atomic E-state index is -0.338. The van der Waals surface area contributed by atoms with Crippen molar-refractivity contribution in [3.05, 3.63) is 89.3 Å². The molecule has 0 atom stereocenters. The molecule has 190 valence electrons. The lowest BCUT2D eigenvalue weighted by molar-refractivity contribution is 0.0645. The summed E-state index contributed by atoms with van der Waals surface area (Å²) in [5.41, 5.74) is 3.76. The van der Waals surface area contributed by atoms with Crippen molar-refractivity contribution in [1.82, 2.24) is 24.7 Å². The molecule has 8 nitrogen and oxygen atoms in total. The van der Waals surface area contributed by atoms with Gasteiger partial charge in [0.2, 0.25) is 0 Å². The van der Waals surface area contributed by atoms with Gasteiger partial charge in [-0.2, -0.15) is 0 Å². The lowest BCUT2D eigenvalue weighted by Crippen LogP contribution is -2.48. The van der Waals surface area contributed by atoms with Crippen molar-refractivity contribution in [3.8, 4) is 5.69 Å². The van der Waals surface area contributed by atoms with E-state index in [1.807, 2.05) is 58.1 Å². The van der Waals surface area contributed by atoms with Gasteiger partial charge in [-0.3, -0.25) is 9.78 Å². The van der Waals surface area contributed by atoms with Gasteiger partial charge >= 0.3 is 6.03 Å². The van der Waals surface area contributed by atoms with Gasteiger partial charge in [0.25, 0.3) is 5.91 Å². The second-order valence-electron chi connectivity index (χ2n) is 8.99. The number of rotatable bonds is 6. The molecule has 2 N–H and O–H groups in total. The molecular weight excluding hydrogens is 488 g/mol. The van der Waals surface area contributed by atoms with E-state index in [1.54, 1.807) is 24.5 Å². The fourth-order valence-electron chi connectivity index (χ4n) is 4.63. The van der Waals surface area contributed by atoms with Crippen molar-refractivity contribution in [3.63, 3.8) is 0 Å². The monoisotopic (exact) mass is 516 g/mol. The Bertz CT molecular complexity index is 1410. The normalized spacial score (nSPS) is 14.1. The van der Waals surface area contributed by atoms with Crippen molar-refractivity contribution < 1.29 is 9.59 Å². The van der Waals surface area contributed by atoms with Gasteiger partial charge in [-0.05, 0) is 42.4 Å². The molecule has 2 aromatic heterocycles. The van der Waals surface area contributed by atoms with Gasteiger partial charge in [0.1, 0.15) is 0 Å². The number of para-hydroxylation sites is 1. The summed E-state index contributed by atoms with van der Waals surface area (Å²) in [6.45, 7) is 6.72. The highest BCUT2D eigenvalue weighted by Crippen LogP contribution is 2.31. The van der Waals surface area contributed by atoms with Crippen LogP contribution in [0.3, 0.4) is 0 Å². The number of carbonyl (C=O) groups is 2. The zero-order valence-corrected chi connectivity index (χ0v) is 21.4. The smallest absolute Gasteiger partial charge is 0.319 e. The topological polar surface area (TPSA) is 82.5 Å². The minimum Gasteiger partial charge on any atom is -0.336 e. The molecular formula is C28H29ClN6O2. The van der Waals surface area contributed by atoms with E-state index in [1.165, 1.54) is 0 Å². The molecule has 37 heavy (non-hydrogen) atoms. The first kappa shape index (κ1) is 24.8. The molecule has 0 saturated carbocycles. The SMILES string of the molecule is CCN1CCN(C(=O)c2cn(-c3ccc(NC(=O)NCc4cccnc4)cc3Cl)c3ccccc23)CC1. The predicted molar refractivity (Wildman–Crippen MR) is 146 cm³/mol. The number of fused-ring (bicyclic) bond motifs is 1. The summed E-state index contributed by atoms with van der Waals surface area (Å²) in [5, 5.41) is 6.97. The number of pyridine rings is 1. The van der Waals surface area contributed by atoms with Crippen LogP contribution in [0.4, 0.5) is 10.5 Å². The van der Waals surface area contributed by atoms with Crippen LogP contribution in [0, 0.1) is 0 Å². The molecule has 0 unspecified atom stereocenters. The standard InChI is InChI=1S/C28H29ClN6O2/c1-2-33-12-14-34(15-13-33)27(36)23-19-35(25-8-4-3-7-22(23)25)26-10-9-21(16-24(26)29)32-28(37)31-18-20-6-5-11-30-17-20/h3-11,16-17,19H,2,12-15,18H2,1H3,(H2,31,32,37). The van der Waals surface area contributed by atoms with Gasteiger partial charge in [-0.1, -0.05) is 42.8 Å². The van der Waals surface area contributed by atoms with E-state index >= 15 is 0 Å². The predicted octanol–water partition coefficient (Wildman–Crippen LogP) is 4.78. The first-order valence-corrected chi connectivity index (χ1v) is 12.8. The molecule has 4 aromatic rings. The molecule has 5 rings (SSSR count). The number of aromatic nitrogens is 2. The van der Waals surface area contributed by atoms with Crippen LogP contribution in [0.25, 0.3) is 16.6 Å². The highest BCUT2D eigenvalue weighted by Gasteiger charge is 2.25. The molecule has 0 spiro atoms. The molecule has 1 fully saturated rings. The summed E-state index contributed by atoms with van der Waals surface area (Å²) < 4.78 is 1.94. The van der Waals surface area contributed by atoms with Crippen molar-refractivity contribution >= 4 is 40.1 Å². The fraction of sp³-hybridized carbons (Fsp3) is 0.250. The van der Waals surface area contributed by atoms with Gasteiger partial charge in [0.05, 0.1) is 21.8 Å². The molecule has 0 bridgehead atoms. The number of nitrogens with zero attached hydrogens (tertiary/aromatic N) is 4. The van der Waals surface area contributed by atoms with Gasteiger partial charge < -0.3 is 25.0 Å². The molecule has 0 aliphatic carbocycles. The summed E-state index contributed by atoms with van der Waals surface area (Å²) in [7, 11) is 0. The maximum atomic E-state index is 13.5. The first-order chi connectivity index (χ1) is 18.0. The van der Waals surface area contributed by atoms with Crippen molar-refractivity contribution in [2.24, 2.45) is 0 Å². The summed E-state index contributed by atoms with van der Waals surface area (Å²) in [4.78, 5) is 34.2. The first-order valence-electron chi connectivity index (χ1n) is 12.4. The van der Waals surface area contributed by atoms with Gasteiger partial charge in [-0.25, -0.2) is 4.79 Å². The van der Waals surface area contributed by atoms with Crippen LogP contribution in [0.2, 0.25) is 5.02 Å². The molecule has 2 aromatic carbocycles. The zero-order chi connectivity index (χ0) is 25.8. The molecule has 3 heterocycles. The largest absolute Gasteiger partial charge is 0.336 e. The van der Waals surface area contributed by atoms with Crippen LogP contribution in [0.15, 0.2) is 73.2 Å². The number of carbonyl (C=O) groups excluding carboxylic acids is 2. The Morgan fingerprint density at radius 1 is 1.03 bits per heavy atom. The maximum absolute atomic E-state index is 13.5. The second-order valence-corrected chi connectivity index (χ2v) is 9.40. The number of anilines is 1. The summed E-state index contributed by atoms with van der Waals surface area (Å²) >= 11 is 6.69. The van der Waals surface area contributed by atoms with Crippen molar-refractivity contribution in [2.45, 2.75) is 13.5 Å². The number of urea groups is 1. The molecule has 1 aliphatic rings. The van der Waals surface area contributed by atoms with Crippen LogP contribution in [-0.2, 0) is 6.54 Å². The Morgan fingerprint density at radius 3 is 2.57 bits per heavy atom. The van der Waals surface area contributed by atoms with E-state index in [4.69, 9.17) is 11.6 Å². The van der Waals surface area contributed by atoms with E-state index in [9.17, 15) is 9.59 Å². The maximum Gasteiger partial charge on any atom is 0.319 e. The third-order valence-electron chi connectivity index (χ3n) is 6.69. The summed E-state index contributed by atoms with van der Waals surface area (Å²) in [6, 6.07) is 16.6. The summed E-state index contributed by atoms with van der Waals surface area (Å²) in [5.74, 6) is 0.0328. The lowest BCUT2D eigenvalue weighted by atomic mass is 10.1. The zero-order valence-electron chi connectivity index (χ0n) is 20.7. The Labute approximate surface area is 220 Å².